The molecule has 0 radical (unpaired) electrons. The van der Waals surface area contributed by atoms with E-state index in [4.69, 9.17) is 23.2 Å². The summed E-state index contributed by atoms with van der Waals surface area (Å²) in [7, 11) is 0. The minimum Gasteiger partial charge on any atom is -0.321 e. The van der Waals surface area contributed by atoms with Crippen molar-refractivity contribution in [3.05, 3.63) is 52.3 Å². The Hall–Kier alpha value is -2.11. The van der Waals surface area contributed by atoms with E-state index >= 15 is 0 Å². The van der Waals surface area contributed by atoms with E-state index in [1.807, 2.05) is 24.6 Å². The molecule has 1 amide bonds. The van der Waals surface area contributed by atoms with Gasteiger partial charge in [-0.25, -0.2) is 9.67 Å². The summed E-state index contributed by atoms with van der Waals surface area (Å²) in [4.78, 5) is 16.7. The van der Waals surface area contributed by atoms with Gasteiger partial charge in [0.1, 0.15) is 0 Å². The number of hydrogen-bond acceptors (Lipinski definition) is 3. The highest BCUT2D eigenvalue weighted by molar-refractivity contribution is 6.37. The average Bonchev–Trinajstić information content (AvgIpc) is 2.90. The van der Waals surface area contributed by atoms with Crippen LogP contribution in [0, 0.1) is 0 Å². The second-order valence-corrected chi connectivity index (χ2v) is 6.24. The SMILES string of the molecule is CC(C)n1ncc2cc(NC(=O)c3ccc(Cl)cc3Cl)cnc21. The zero-order chi connectivity index (χ0) is 16.6. The topological polar surface area (TPSA) is 59.8 Å². The van der Waals surface area contributed by atoms with Crippen LogP contribution in [0.3, 0.4) is 0 Å². The second-order valence-electron chi connectivity index (χ2n) is 5.40. The minimum atomic E-state index is -0.316. The van der Waals surface area contributed by atoms with Gasteiger partial charge in [-0.2, -0.15) is 5.10 Å². The molecular formula is C16H14Cl2N4O. The summed E-state index contributed by atoms with van der Waals surface area (Å²) >= 11 is 11.9. The Balaban J connectivity index is 1.88. The quantitative estimate of drug-likeness (QED) is 0.753. The summed E-state index contributed by atoms with van der Waals surface area (Å²) in [5.74, 6) is -0.316. The molecule has 1 aromatic carbocycles. The molecule has 0 aliphatic rings. The summed E-state index contributed by atoms with van der Waals surface area (Å²) in [6, 6.07) is 6.79. The molecular weight excluding hydrogens is 335 g/mol. The van der Waals surface area contributed by atoms with Crippen molar-refractivity contribution in [1.29, 1.82) is 0 Å². The number of pyridine rings is 1. The van der Waals surface area contributed by atoms with Gasteiger partial charge >= 0.3 is 0 Å². The van der Waals surface area contributed by atoms with Crippen molar-refractivity contribution in [2.24, 2.45) is 0 Å². The first-order chi connectivity index (χ1) is 11.0. The molecule has 1 N–H and O–H groups in total. The van der Waals surface area contributed by atoms with Crippen molar-refractivity contribution in [3.63, 3.8) is 0 Å². The fraction of sp³-hybridized carbons (Fsp3) is 0.188. The number of carbonyl (C=O) groups is 1. The number of fused-ring (bicyclic) bond motifs is 1. The number of rotatable bonds is 3. The van der Waals surface area contributed by atoms with E-state index in [0.29, 0.717) is 21.3 Å². The van der Waals surface area contributed by atoms with Gasteiger partial charge in [0, 0.05) is 16.5 Å². The summed E-state index contributed by atoms with van der Waals surface area (Å²) in [5, 5.41) is 8.73. The van der Waals surface area contributed by atoms with Crippen LogP contribution in [0.25, 0.3) is 11.0 Å². The molecule has 0 aliphatic carbocycles. The lowest BCUT2D eigenvalue weighted by atomic mass is 10.2. The number of hydrogen-bond donors (Lipinski definition) is 1. The van der Waals surface area contributed by atoms with Crippen LogP contribution in [0.5, 0.6) is 0 Å². The molecule has 23 heavy (non-hydrogen) atoms. The third kappa shape index (κ3) is 3.16. The highest BCUT2D eigenvalue weighted by Crippen LogP contribution is 2.23. The maximum atomic E-state index is 12.3. The molecule has 0 bridgehead atoms. The van der Waals surface area contributed by atoms with Crippen LogP contribution in [0.4, 0.5) is 5.69 Å². The average molecular weight is 349 g/mol. The van der Waals surface area contributed by atoms with E-state index in [1.165, 1.54) is 6.07 Å². The van der Waals surface area contributed by atoms with Gasteiger partial charge in [-0.05, 0) is 38.1 Å². The fourth-order valence-electron chi connectivity index (χ4n) is 2.26. The molecule has 0 saturated heterocycles. The van der Waals surface area contributed by atoms with Crippen LogP contribution < -0.4 is 5.32 Å². The summed E-state index contributed by atoms with van der Waals surface area (Å²) in [6.45, 7) is 4.07. The summed E-state index contributed by atoms with van der Waals surface area (Å²) < 4.78 is 1.83. The predicted molar refractivity (Wildman–Crippen MR) is 92.3 cm³/mol. The Kier molecular flexibility index (Phi) is 4.24. The molecule has 0 saturated carbocycles. The van der Waals surface area contributed by atoms with Crippen LogP contribution in [0.2, 0.25) is 10.0 Å². The zero-order valence-corrected chi connectivity index (χ0v) is 14.1. The molecule has 2 heterocycles. The Morgan fingerprint density at radius 3 is 2.70 bits per heavy atom. The molecule has 2 aromatic heterocycles. The Morgan fingerprint density at radius 1 is 1.22 bits per heavy atom. The zero-order valence-electron chi connectivity index (χ0n) is 12.5. The van der Waals surface area contributed by atoms with Gasteiger partial charge in [-0.3, -0.25) is 4.79 Å². The van der Waals surface area contributed by atoms with Gasteiger partial charge in [0.05, 0.1) is 28.7 Å². The molecule has 3 rings (SSSR count). The van der Waals surface area contributed by atoms with Gasteiger partial charge in [-0.15, -0.1) is 0 Å². The first kappa shape index (κ1) is 15.8. The molecule has 7 heteroatoms. The van der Waals surface area contributed by atoms with E-state index in [2.05, 4.69) is 15.4 Å². The van der Waals surface area contributed by atoms with Gasteiger partial charge in [0.2, 0.25) is 0 Å². The molecule has 0 unspecified atom stereocenters. The maximum absolute atomic E-state index is 12.3. The molecule has 0 atom stereocenters. The molecule has 0 fully saturated rings. The molecule has 3 aromatic rings. The van der Waals surface area contributed by atoms with Gasteiger partial charge in [-0.1, -0.05) is 23.2 Å². The first-order valence-corrected chi connectivity index (χ1v) is 7.81. The third-order valence-electron chi connectivity index (χ3n) is 3.36. The van der Waals surface area contributed by atoms with E-state index in [0.717, 1.165) is 11.0 Å². The van der Waals surface area contributed by atoms with Crippen LogP contribution >= 0.6 is 23.2 Å². The number of carbonyl (C=O) groups excluding carboxylic acids is 1. The Morgan fingerprint density at radius 2 is 2.00 bits per heavy atom. The minimum absolute atomic E-state index is 0.216. The van der Waals surface area contributed by atoms with Crippen molar-refractivity contribution in [1.82, 2.24) is 14.8 Å². The summed E-state index contributed by atoms with van der Waals surface area (Å²) in [6.07, 6.45) is 3.33. The maximum Gasteiger partial charge on any atom is 0.257 e. The van der Waals surface area contributed by atoms with Crippen molar-refractivity contribution in [2.45, 2.75) is 19.9 Å². The van der Waals surface area contributed by atoms with E-state index in [9.17, 15) is 4.79 Å². The fourth-order valence-corrected chi connectivity index (χ4v) is 2.75. The number of anilines is 1. The lowest BCUT2D eigenvalue weighted by Gasteiger charge is -2.08. The lowest BCUT2D eigenvalue weighted by molar-refractivity contribution is 0.102. The molecule has 5 nitrogen and oxygen atoms in total. The van der Waals surface area contributed by atoms with Crippen molar-refractivity contribution < 1.29 is 4.79 Å². The van der Waals surface area contributed by atoms with E-state index < -0.39 is 0 Å². The van der Waals surface area contributed by atoms with Gasteiger partial charge < -0.3 is 5.32 Å². The smallest absolute Gasteiger partial charge is 0.257 e. The van der Waals surface area contributed by atoms with Crippen molar-refractivity contribution >= 4 is 45.8 Å². The monoisotopic (exact) mass is 348 g/mol. The third-order valence-corrected chi connectivity index (χ3v) is 3.90. The largest absolute Gasteiger partial charge is 0.321 e. The highest BCUT2D eigenvalue weighted by atomic mass is 35.5. The number of nitrogens with one attached hydrogen (secondary N) is 1. The highest BCUT2D eigenvalue weighted by Gasteiger charge is 2.13. The van der Waals surface area contributed by atoms with Crippen molar-refractivity contribution in [2.75, 3.05) is 5.32 Å². The molecule has 0 spiro atoms. The Bertz CT molecular complexity index is 889. The van der Waals surface area contributed by atoms with Crippen LogP contribution in [-0.2, 0) is 0 Å². The van der Waals surface area contributed by atoms with E-state index in [1.54, 1.807) is 24.5 Å². The van der Waals surface area contributed by atoms with Crippen LogP contribution in [0.1, 0.15) is 30.2 Å². The number of nitrogens with zero attached hydrogens (tertiary/aromatic N) is 3. The Labute approximate surface area is 143 Å². The number of benzene rings is 1. The van der Waals surface area contributed by atoms with Gasteiger partial charge in [0.15, 0.2) is 5.65 Å². The first-order valence-electron chi connectivity index (χ1n) is 7.05. The van der Waals surface area contributed by atoms with Gasteiger partial charge in [0.25, 0.3) is 5.91 Å². The number of amides is 1. The lowest BCUT2D eigenvalue weighted by Crippen LogP contribution is -2.12. The number of halogens is 2. The molecule has 0 aliphatic heterocycles. The second kappa shape index (κ2) is 6.18. The molecule has 118 valence electrons. The normalized spacial score (nSPS) is 11.2. The van der Waals surface area contributed by atoms with Crippen LogP contribution in [0.15, 0.2) is 36.7 Å². The van der Waals surface area contributed by atoms with Crippen LogP contribution in [-0.4, -0.2) is 20.7 Å². The van der Waals surface area contributed by atoms with E-state index in [-0.39, 0.29) is 11.9 Å². The number of aromatic nitrogens is 3. The van der Waals surface area contributed by atoms with Crippen molar-refractivity contribution in [3.8, 4) is 0 Å². The predicted octanol–water partition coefficient (Wildman–Crippen LogP) is 4.57. The standard InChI is InChI=1S/C16H14Cl2N4O/c1-9(2)22-15-10(7-20-22)5-12(8-19-15)21-16(23)13-4-3-11(17)6-14(13)18/h3-9H,1-2H3,(H,21,23). The summed E-state index contributed by atoms with van der Waals surface area (Å²) in [5.41, 5.74) is 1.72.